The van der Waals surface area contributed by atoms with E-state index in [-0.39, 0.29) is 5.91 Å². The Balaban J connectivity index is 1.32. The topological polar surface area (TPSA) is 100 Å². The highest BCUT2D eigenvalue weighted by molar-refractivity contribution is 6.08. The van der Waals surface area contributed by atoms with E-state index in [0.717, 1.165) is 83.4 Å². The van der Waals surface area contributed by atoms with Crippen LogP contribution in [-0.2, 0) is 11.3 Å². The standard InChI is InChI=1S/C30H31N7O/c1-3-6-27-32-30(14-4-5-15-30)29(38)37(27)19-21-7-9-22(10-8-21)25-18-23(26-17-20(2)13-16-31-26)11-12-24(25)28-33-35-36-34-28/h7-13,16-18H,3-6,14-15,19H2,1-2H3,(H,33,34,35,36). The zero-order chi connectivity index (χ0) is 26.1. The molecular weight excluding hydrogens is 474 g/mol. The Morgan fingerprint density at radius 3 is 2.47 bits per heavy atom. The molecule has 0 saturated heterocycles. The molecule has 2 aliphatic rings. The van der Waals surface area contributed by atoms with Crippen LogP contribution in [0.5, 0.6) is 0 Å². The third-order valence-corrected chi connectivity index (χ3v) is 7.62. The lowest BCUT2D eigenvalue weighted by molar-refractivity contribution is -0.131. The number of aromatic amines is 1. The Morgan fingerprint density at radius 2 is 1.76 bits per heavy atom. The largest absolute Gasteiger partial charge is 0.294 e. The fraction of sp³-hybridized carbons (Fsp3) is 0.333. The highest BCUT2D eigenvalue weighted by Crippen LogP contribution is 2.40. The zero-order valence-corrected chi connectivity index (χ0v) is 21.8. The van der Waals surface area contributed by atoms with Crippen LogP contribution in [0.1, 0.15) is 56.6 Å². The number of benzene rings is 2. The number of hydrogen-bond donors (Lipinski definition) is 1. The van der Waals surface area contributed by atoms with Crippen LogP contribution in [0, 0.1) is 6.92 Å². The maximum atomic E-state index is 13.5. The maximum Gasteiger partial charge on any atom is 0.256 e. The number of aromatic nitrogens is 5. The van der Waals surface area contributed by atoms with Gasteiger partial charge in [0.15, 0.2) is 0 Å². The predicted molar refractivity (Wildman–Crippen MR) is 147 cm³/mol. The summed E-state index contributed by atoms with van der Waals surface area (Å²) in [6.45, 7) is 4.75. The van der Waals surface area contributed by atoms with E-state index in [1.165, 1.54) is 0 Å². The minimum absolute atomic E-state index is 0.181. The second-order valence-electron chi connectivity index (χ2n) is 10.3. The highest BCUT2D eigenvalue weighted by atomic mass is 16.2. The van der Waals surface area contributed by atoms with Gasteiger partial charge in [0.2, 0.25) is 5.82 Å². The van der Waals surface area contributed by atoms with E-state index in [9.17, 15) is 4.79 Å². The van der Waals surface area contributed by atoms with Crippen molar-refractivity contribution in [2.24, 2.45) is 4.99 Å². The normalized spacial score (nSPS) is 16.4. The van der Waals surface area contributed by atoms with Crippen molar-refractivity contribution in [3.63, 3.8) is 0 Å². The Morgan fingerprint density at radius 1 is 0.974 bits per heavy atom. The number of nitrogens with zero attached hydrogens (tertiary/aromatic N) is 6. The first-order valence-electron chi connectivity index (χ1n) is 13.4. The first kappa shape index (κ1) is 24.2. The second kappa shape index (κ2) is 9.93. The summed E-state index contributed by atoms with van der Waals surface area (Å²) in [4.78, 5) is 24.9. The average Bonchev–Trinajstić information content (AvgIpc) is 3.69. The van der Waals surface area contributed by atoms with Crippen molar-refractivity contribution >= 4 is 11.7 Å². The van der Waals surface area contributed by atoms with Gasteiger partial charge >= 0.3 is 0 Å². The van der Waals surface area contributed by atoms with Gasteiger partial charge in [-0.25, -0.2) is 0 Å². The molecule has 4 aromatic rings. The third-order valence-electron chi connectivity index (χ3n) is 7.62. The number of tetrazole rings is 1. The smallest absolute Gasteiger partial charge is 0.256 e. The molecule has 2 aromatic carbocycles. The maximum absolute atomic E-state index is 13.5. The molecule has 3 heterocycles. The van der Waals surface area contributed by atoms with E-state index in [1.54, 1.807) is 0 Å². The van der Waals surface area contributed by atoms with E-state index >= 15 is 0 Å². The van der Waals surface area contributed by atoms with Crippen LogP contribution in [-0.4, -0.2) is 47.8 Å². The molecule has 1 fully saturated rings. The van der Waals surface area contributed by atoms with Gasteiger partial charge in [-0.05, 0) is 77.9 Å². The molecule has 1 N–H and O–H groups in total. The molecule has 1 saturated carbocycles. The van der Waals surface area contributed by atoms with Crippen LogP contribution in [0.25, 0.3) is 33.8 Å². The summed E-state index contributed by atoms with van der Waals surface area (Å²) in [5.41, 5.74) is 6.58. The fourth-order valence-corrected chi connectivity index (χ4v) is 5.67. The number of aryl methyl sites for hydroxylation is 1. The number of amidine groups is 1. The van der Waals surface area contributed by atoms with E-state index < -0.39 is 5.54 Å². The quantitative estimate of drug-likeness (QED) is 0.344. The van der Waals surface area contributed by atoms with Gasteiger partial charge in [-0.3, -0.25) is 19.7 Å². The molecule has 1 amide bonds. The molecule has 8 nitrogen and oxygen atoms in total. The average molecular weight is 506 g/mol. The van der Waals surface area contributed by atoms with Gasteiger partial charge in [-0.15, -0.1) is 10.2 Å². The molecule has 6 rings (SSSR count). The first-order chi connectivity index (χ1) is 18.6. The molecule has 0 unspecified atom stereocenters. The zero-order valence-electron chi connectivity index (χ0n) is 21.8. The number of aliphatic imine (C=N–C) groups is 1. The van der Waals surface area contributed by atoms with E-state index in [1.807, 2.05) is 29.3 Å². The summed E-state index contributed by atoms with van der Waals surface area (Å²) in [5, 5.41) is 14.8. The lowest BCUT2D eigenvalue weighted by Gasteiger charge is -2.22. The summed E-state index contributed by atoms with van der Waals surface area (Å²) in [5.74, 6) is 1.67. The summed E-state index contributed by atoms with van der Waals surface area (Å²) in [6.07, 6.45) is 7.55. The highest BCUT2D eigenvalue weighted by Gasteiger charge is 2.49. The van der Waals surface area contributed by atoms with Crippen molar-refractivity contribution < 1.29 is 4.79 Å². The van der Waals surface area contributed by atoms with Crippen molar-refractivity contribution in [3.05, 3.63) is 71.9 Å². The monoisotopic (exact) mass is 505 g/mol. The van der Waals surface area contributed by atoms with Crippen molar-refractivity contribution in [2.75, 3.05) is 0 Å². The number of hydrogen-bond acceptors (Lipinski definition) is 6. The Bertz CT molecular complexity index is 1490. The molecule has 2 aromatic heterocycles. The van der Waals surface area contributed by atoms with Crippen LogP contribution in [0.2, 0.25) is 0 Å². The van der Waals surface area contributed by atoms with Crippen molar-refractivity contribution in [3.8, 4) is 33.8 Å². The molecule has 8 heteroatoms. The van der Waals surface area contributed by atoms with Crippen molar-refractivity contribution in [1.29, 1.82) is 0 Å². The van der Waals surface area contributed by atoms with Gasteiger partial charge in [-0.1, -0.05) is 50.1 Å². The van der Waals surface area contributed by atoms with Gasteiger partial charge < -0.3 is 0 Å². The minimum atomic E-state index is -0.506. The molecule has 1 aliphatic heterocycles. The number of amides is 1. The van der Waals surface area contributed by atoms with Crippen LogP contribution < -0.4 is 0 Å². The Kier molecular flexibility index (Phi) is 6.31. The predicted octanol–water partition coefficient (Wildman–Crippen LogP) is 5.76. The molecule has 0 bridgehead atoms. The van der Waals surface area contributed by atoms with Crippen LogP contribution in [0.15, 0.2) is 65.8 Å². The number of nitrogens with one attached hydrogen (secondary N) is 1. The summed E-state index contributed by atoms with van der Waals surface area (Å²) >= 11 is 0. The summed E-state index contributed by atoms with van der Waals surface area (Å²) in [6, 6.07) is 18.7. The third kappa shape index (κ3) is 4.40. The van der Waals surface area contributed by atoms with Crippen molar-refractivity contribution in [2.45, 2.75) is 64.5 Å². The van der Waals surface area contributed by atoms with Crippen molar-refractivity contribution in [1.82, 2.24) is 30.5 Å². The molecule has 38 heavy (non-hydrogen) atoms. The van der Waals surface area contributed by atoms with Crippen LogP contribution >= 0.6 is 0 Å². The molecule has 0 radical (unpaired) electrons. The van der Waals surface area contributed by atoms with Crippen LogP contribution in [0.3, 0.4) is 0 Å². The molecule has 1 spiro atoms. The van der Waals surface area contributed by atoms with E-state index in [4.69, 9.17) is 4.99 Å². The lowest BCUT2D eigenvalue weighted by Crippen LogP contribution is -2.40. The number of carbonyl (C=O) groups is 1. The Hall–Kier alpha value is -4.20. The van der Waals surface area contributed by atoms with Gasteiger partial charge in [0.05, 0.1) is 12.2 Å². The Labute approximate surface area is 222 Å². The first-order valence-corrected chi connectivity index (χ1v) is 13.4. The van der Waals surface area contributed by atoms with Crippen LogP contribution in [0.4, 0.5) is 0 Å². The van der Waals surface area contributed by atoms with Gasteiger partial charge in [0.25, 0.3) is 5.91 Å². The number of H-pyrrole nitrogens is 1. The SMILES string of the molecule is CCCC1=NC2(CCCC2)C(=O)N1Cc1ccc(-c2cc(-c3cc(C)ccn3)ccc2-c2nn[nH]n2)cc1. The van der Waals surface area contributed by atoms with E-state index in [2.05, 4.69) is 75.9 Å². The van der Waals surface area contributed by atoms with E-state index in [0.29, 0.717) is 12.4 Å². The number of pyridine rings is 1. The fourth-order valence-electron chi connectivity index (χ4n) is 5.67. The molecule has 192 valence electrons. The molecule has 0 atom stereocenters. The number of rotatable bonds is 7. The number of carbonyl (C=O) groups excluding carboxylic acids is 1. The van der Waals surface area contributed by atoms with Gasteiger partial charge in [0, 0.05) is 23.7 Å². The molecule has 1 aliphatic carbocycles. The van der Waals surface area contributed by atoms with Gasteiger partial charge in [-0.2, -0.15) is 5.21 Å². The van der Waals surface area contributed by atoms with Gasteiger partial charge in [0.1, 0.15) is 11.4 Å². The second-order valence-corrected chi connectivity index (χ2v) is 10.3. The lowest BCUT2D eigenvalue weighted by atomic mass is 9.94. The molecular formula is C30H31N7O. The summed E-state index contributed by atoms with van der Waals surface area (Å²) < 4.78 is 0. The summed E-state index contributed by atoms with van der Waals surface area (Å²) in [7, 11) is 0. The minimum Gasteiger partial charge on any atom is -0.294 e.